The highest BCUT2D eigenvalue weighted by Gasteiger charge is 2.34. The highest BCUT2D eigenvalue weighted by atomic mass is 31.1. The fourth-order valence-electron chi connectivity index (χ4n) is 3.95. The second-order valence-electron chi connectivity index (χ2n) is 7.73. The van der Waals surface area contributed by atoms with Crippen LogP contribution < -0.4 is 16.3 Å². The van der Waals surface area contributed by atoms with Crippen LogP contribution in [0.2, 0.25) is 0 Å². The fraction of sp³-hybridized carbons (Fsp3) is 0.217. The minimum Gasteiger partial charge on any atom is -0.382 e. The van der Waals surface area contributed by atoms with E-state index in [0.29, 0.717) is 22.7 Å². The first-order valence-corrected chi connectivity index (χ1v) is 11.1. The van der Waals surface area contributed by atoms with E-state index in [4.69, 9.17) is 10.7 Å². The van der Waals surface area contributed by atoms with Crippen molar-refractivity contribution in [2.75, 3.05) is 5.73 Å². The Balaban J connectivity index is 1.65. The van der Waals surface area contributed by atoms with E-state index in [0.717, 1.165) is 30.4 Å². The maximum atomic E-state index is 14.0. The second-order valence-corrected chi connectivity index (χ2v) is 9.09. The van der Waals surface area contributed by atoms with E-state index in [1.807, 2.05) is 34.7 Å². The van der Waals surface area contributed by atoms with Crippen LogP contribution in [0.3, 0.4) is 0 Å². The van der Waals surface area contributed by atoms with Crippen LogP contribution in [0.4, 0.5) is 19.0 Å². The maximum absolute atomic E-state index is 14.0. The largest absolute Gasteiger partial charge is 0.417 e. The number of halogens is 3. The molecule has 4 nitrogen and oxygen atoms in total. The monoisotopic (exact) mass is 440 g/mol. The molecule has 0 amide bonds. The van der Waals surface area contributed by atoms with Gasteiger partial charge in [0.25, 0.3) is 0 Å². The zero-order valence-electron chi connectivity index (χ0n) is 16.5. The van der Waals surface area contributed by atoms with Gasteiger partial charge in [0.05, 0.1) is 5.56 Å². The highest BCUT2D eigenvalue weighted by molar-refractivity contribution is 7.55. The Morgan fingerprint density at radius 3 is 2.52 bits per heavy atom. The summed E-state index contributed by atoms with van der Waals surface area (Å²) in [7, 11) is -0.0903. The molecular formula is C23H20F3N4P. The van der Waals surface area contributed by atoms with E-state index in [1.54, 1.807) is 24.5 Å². The Hall–Kier alpha value is -2.92. The molecule has 1 saturated carbocycles. The number of anilines is 1. The maximum Gasteiger partial charge on any atom is 0.417 e. The molecule has 2 heterocycles. The Labute approximate surface area is 179 Å². The second kappa shape index (κ2) is 7.65. The van der Waals surface area contributed by atoms with Crippen molar-refractivity contribution in [2.45, 2.75) is 31.4 Å². The van der Waals surface area contributed by atoms with Crippen LogP contribution >= 0.6 is 8.58 Å². The van der Waals surface area contributed by atoms with Crippen LogP contribution in [0.1, 0.15) is 36.6 Å². The van der Waals surface area contributed by atoms with Crippen LogP contribution in [0.15, 0.2) is 60.9 Å². The summed E-state index contributed by atoms with van der Waals surface area (Å²) in [5, 5.41) is 1.12. The number of rotatable bonds is 4. The molecule has 1 aliphatic carbocycles. The lowest BCUT2D eigenvalue weighted by molar-refractivity contribution is -0.136. The third kappa shape index (κ3) is 3.68. The molecule has 1 fully saturated rings. The van der Waals surface area contributed by atoms with Gasteiger partial charge in [0, 0.05) is 23.9 Å². The number of hydrogen-bond acceptors (Lipinski definition) is 3. The summed E-state index contributed by atoms with van der Waals surface area (Å²) in [6.07, 6.45) is 2.08. The summed E-state index contributed by atoms with van der Waals surface area (Å²) in [5.41, 5.74) is 6.91. The number of hydrogen-bond donors (Lipinski definition) is 1. The molecule has 1 unspecified atom stereocenters. The van der Waals surface area contributed by atoms with E-state index in [1.165, 1.54) is 6.07 Å². The van der Waals surface area contributed by atoms with Crippen molar-refractivity contribution in [3.63, 3.8) is 0 Å². The Kier molecular flexibility index (Phi) is 4.94. The molecule has 1 atom stereocenters. The molecule has 8 heteroatoms. The van der Waals surface area contributed by atoms with Crippen LogP contribution in [0, 0.1) is 0 Å². The number of aromatic nitrogens is 3. The van der Waals surface area contributed by atoms with E-state index in [2.05, 4.69) is 4.98 Å². The molecule has 5 rings (SSSR count). The molecular weight excluding hydrogens is 420 g/mol. The molecule has 2 aromatic carbocycles. The molecule has 2 N–H and O–H groups in total. The van der Waals surface area contributed by atoms with Crippen LogP contribution in [0.25, 0.3) is 16.8 Å². The molecule has 0 aliphatic heterocycles. The number of nitrogens with two attached hydrogens (primary N) is 1. The number of benzene rings is 2. The molecule has 1 aliphatic rings. The Morgan fingerprint density at radius 2 is 1.84 bits per heavy atom. The van der Waals surface area contributed by atoms with Gasteiger partial charge in [-0.05, 0) is 29.5 Å². The minimum atomic E-state index is -4.47. The SMILES string of the molecule is Nc1nccn2c(C3CCC3)nc(-c3ccc(Pc4ccccc4)c(C(F)(F)F)c3)c12. The van der Waals surface area contributed by atoms with Gasteiger partial charge < -0.3 is 5.73 Å². The predicted octanol–water partition coefficient (Wildman–Crippen LogP) is 4.89. The summed E-state index contributed by atoms with van der Waals surface area (Å²) in [6.45, 7) is 0. The Morgan fingerprint density at radius 1 is 1.06 bits per heavy atom. The molecule has 4 aromatic rings. The standard InChI is InChI=1S/C23H20F3N4P/c24-23(25,26)17-13-15(9-10-18(17)31-16-7-2-1-3-8-16)19-20-21(27)28-11-12-30(20)22(29-19)14-5-4-6-14/h1-3,7-14,31H,4-6H2,(H2,27,28). The van der Waals surface area contributed by atoms with Crippen molar-refractivity contribution in [3.05, 3.63) is 72.3 Å². The van der Waals surface area contributed by atoms with E-state index in [9.17, 15) is 13.2 Å². The summed E-state index contributed by atoms with van der Waals surface area (Å²) >= 11 is 0. The van der Waals surface area contributed by atoms with Crippen molar-refractivity contribution in [1.82, 2.24) is 14.4 Å². The van der Waals surface area contributed by atoms with Crippen molar-refractivity contribution in [3.8, 4) is 11.3 Å². The number of alkyl halides is 3. The smallest absolute Gasteiger partial charge is 0.382 e. The summed E-state index contributed by atoms with van der Waals surface area (Å²) in [5.74, 6) is 1.40. The molecule has 31 heavy (non-hydrogen) atoms. The zero-order valence-corrected chi connectivity index (χ0v) is 17.5. The fourth-order valence-corrected chi connectivity index (χ4v) is 5.14. The van der Waals surface area contributed by atoms with Gasteiger partial charge in [-0.3, -0.25) is 4.40 Å². The Bertz CT molecular complexity index is 1250. The lowest BCUT2D eigenvalue weighted by Gasteiger charge is -2.23. The third-order valence-corrected chi connectivity index (χ3v) is 7.06. The normalized spacial score (nSPS) is 15.1. The van der Waals surface area contributed by atoms with Crippen molar-refractivity contribution >= 4 is 30.5 Å². The molecule has 0 saturated heterocycles. The lowest BCUT2D eigenvalue weighted by Crippen LogP contribution is -2.18. The van der Waals surface area contributed by atoms with Crippen molar-refractivity contribution in [2.24, 2.45) is 0 Å². The quantitative estimate of drug-likeness (QED) is 0.460. The van der Waals surface area contributed by atoms with E-state index < -0.39 is 11.7 Å². The molecule has 2 aromatic heterocycles. The van der Waals surface area contributed by atoms with Gasteiger partial charge in [-0.25, -0.2) is 9.97 Å². The zero-order chi connectivity index (χ0) is 21.6. The predicted molar refractivity (Wildman–Crippen MR) is 118 cm³/mol. The van der Waals surface area contributed by atoms with Crippen LogP contribution in [-0.2, 0) is 6.18 Å². The number of imidazole rings is 1. The minimum absolute atomic E-state index is 0.0903. The lowest BCUT2D eigenvalue weighted by atomic mass is 9.85. The number of nitrogen functional groups attached to an aromatic ring is 1. The van der Waals surface area contributed by atoms with Crippen LogP contribution in [-0.4, -0.2) is 14.4 Å². The summed E-state index contributed by atoms with van der Waals surface area (Å²) in [4.78, 5) is 8.91. The van der Waals surface area contributed by atoms with Gasteiger partial charge in [0.2, 0.25) is 0 Å². The average Bonchev–Trinajstić information content (AvgIpc) is 3.08. The van der Waals surface area contributed by atoms with Gasteiger partial charge >= 0.3 is 6.18 Å². The first kappa shape index (κ1) is 20.0. The third-order valence-electron chi connectivity index (χ3n) is 5.73. The summed E-state index contributed by atoms with van der Waals surface area (Å²) < 4.78 is 43.8. The molecule has 0 bridgehead atoms. The average molecular weight is 440 g/mol. The van der Waals surface area contributed by atoms with Gasteiger partial charge in [0.1, 0.15) is 22.9 Å². The molecule has 0 spiro atoms. The van der Waals surface area contributed by atoms with Gasteiger partial charge in [-0.15, -0.1) is 0 Å². The van der Waals surface area contributed by atoms with Crippen LogP contribution in [0.5, 0.6) is 0 Å². The highest BCUT2D eigenvalue weighted by Crippen LogP contribution is 2.40. The first-order chi connectivity index (χ1) is 14.9. The van der Waals surface area contributed by atoms with Gasteiger partial charge in [-0.2, -0.15) is 13.2 Å². The topological polar surface area (TPSA) is 56.2 Å². The van der Waals surface area contributed by atoms with Crippen molar-refractivity contribution < 1.29 is 13.2 Å². The van der Waals surface area contributed by atoms with E-state index >= 15 is 0 Å². The number of fused-ring (bicyclic) bond motifs is 1. The first-order valence-electron chi connectivity index (χ1n) is 10.1. The van der Waals surface area contributed by atoms with Gasteiger partial charge in [0.15, 0.2) is 0 Å². The molecule has 158 valence electrons. The number of nitrogens with zero attached hydrogens (tertiary/aromatic N) is 3. The molecule has 0 radical (unpaired) electrons. The summed E-state index contributed by atoms with van der Waals surface area (Å²) in [6, 6.07) is 13.7. The van der Waals surface area contributed by atoms with Gasteiger partial charge in [-0.1, -0.05) is 57.5 Å². The van der Waals surface area contributed by atoms with E-state index in [-0.39, 0.29) is 19.7 Å². The van der Waals surface area contributed by atoms with Crippen molar-refractivity contribution in [1.29, 1.82) is 0 Å².